The minimum atomic E-state index is -1.27. The number of amides is 1. The molecular formula is C22H23N3O6. The summed E-state index contributed by atoms with van der Waals surface area (Å²) in [5.41, 5.74) is 0.294. The molecule has 0 aliphatic carbocycles. The zero-order valence-corrected chi connectivity index (χ0v) is 17.1. The van der Waals surface area contributed by atoms with E-state index in [-0.39, 0.29) is 35.2 Å². The van der Waals surface area contributed by atoms with Gasteiger partial charge in [0, 0.05) is 31.4 Å². The van der Waals surface area contributed by atoms with E-state index in [4.69, 9.17) is 0 Å². The molecule has 0 radical (unpaired) electrons. The number of anilines is 1. The lowest BCUT2D eigenvalue weighted by atomic mass is 10.00. The van der Waals surface area contributed by atoms with E-state index in [1.807, 2.05) is 13.8 Å². The second-order valence-electron chi connectivity index (χ2n) is 7.74. The molecule has 1 heterocycles. The lowest BCUT2D eigenvalue weighted by Gasteiger charge is -2.37. The van der Waals surface area contributed by atoms with Crippen molar-refractivity contribution in [2.75, 3.05) is 11.4 Å². The molecule has 2 N–H and O–H groups in total. The Hall–Kier alpha value is -3.88. The molecule has 1 aliphatic heterocycles. The second kappa shape index (κ2) is 8.86. The van der Waals surface area contributed by atoms with Crippen molar-refractivity contribution in [2.24, 2.45) is 5.92 Å². The highest BCUT2D eigenvalue weighted by Crippen LogP contribution is 2.34. The molecule has 1 amide bonds. The maximum Gasteiger partial charge on any atom is 0.335 e. The van der Waals surface area contributed by atoms with Gasteiger partial charge in [-0.2, -0.15) is 0 Å². The number of nitro groups is 1. The van der Waals surface area contributed by atoms with Crippen LogP contribution in [-0.4, -0.2) is 44.5 Å². The minimum absolute atomic E-state index is 0.0943. The molecule has 0 unspecified atom stereocenters. The van der Waals surface area contributed by atoms with Crippen molar-refractivity contribution in [3.8, 4) is 5.75 Å². The molecule has 2 aromatic rings. The van der Waals surface area contributed by atoms with E-state index in [1.54, 1.807) is 29.4 Å². The summed E-state index contributed by atoms with van der Waals surface area (Å²) in [4.78, 5) is 38.7. The van der Waals surface area contributed by atoms with Crippen molar-refractivity contribution in [1.29, 1.82) is 0 Å². The Morgan fingerprint density at radius 1 is 1.16 bits per heavy atom. The van der Waals surface area contributed by atoms with Gasteiger partial charge >= 0.3 is 5.97 Å². The van der Waals surface area contributed by atoms with Crippen LogP contribution in [0.2, 0.25) is 0 Å². The number of hydrogen-bond acceptors (Lipinski definition) is 6. The summed E-state index contributed by atoms with van der Waals surface area (Å²) in [7, 11) is 0. The van der Waals surface area contributed by atoms with Gasteiger partial charge in [-0.25, -0.2) is 4.79 Å². The van der Waals surface area contributed by atoms with Gasteiger partial charge in [-0.15, -0.1) is 0 Å². The smallest absolute Gasteiger partial charge is 0.335 e. The second-order valence-corrected chi connectivity index (χ2v) is 7.74. The lowest BCUT2D eigenvalue weighted by Crippen LogP contribution is -2.50. The molecule has 0 bridgehead atoms. The molecule has 0 saturated heterocycles. The van der Waals surface area contributed by atoms with Gasteiger partial charge in [-0.05, 0) is 35.7 Å². The summed E-state index contributed by atoms with van der Waals surface area (Å²) in [5, 5.41) is 30.4. The maximum atomic E-state index is 13.3. The van der Waals surface area contributed by atoms with Crippen LogP contribution in [0.25, 0.3) is 0 Å². The summed E-state index contributed by atoms with van der Waals surface area (Å²) in [6.45, 7) is 4.46. The monoisotopic (exact) mass is 425 g/mol. The topological polar surface area (TPSA) is 124 Å². The predicted molar refractivity (Wildman–Crippen MR) is 114 cm³/mol. The van der Waals surface area contributed by atoms with Crippen molar-refractivity contribution in [1.82, 2.24) is 4.90 Å². The average molecular weight is 425 g/mol. The number of carbonyl (C=O) groups is 2. The molecule has 162 valence electrons. The van der Waals surface area contributed by atoms with Crippen LogP contribution in [0.3, 0.4) is 0 Å². The molecule has 2 aromatic carbocycles. The SMILES string of the molecule is CC(C)CN1C=CN(c2ccc(C(=O)O)cc2[N+](=O)[O-])[C@@H](Cc2ccc(O)cc2)C1=O. The van der Waals surface area contributed by atoms with Crippen molar-refractivity contribution in [2.45, 2.75) is 26.3 Å². The first kappa shape index (κ1) is 21.8. The van der Waals surface area contributed by atoms with Crippen molar-refractivity contribution < 1.29 is 24.7 Å². The number of hydrogen-bond donors (Lipinski definition) is 2. The van der Waals surface area contributed by atoms with E-state index < -0.39 is 22.6 Å². The summed E-state index contributed by atoms with van der Waals surface area (Å²) >= 11 is 0. The summed E-state index contributed by atoms with van der Waals surface area (Å²) in [5.74, 6) is -1.18. The number of nitro benzene ring substituents is 1. The Morgan fingerprint density at radius 3 is 2.42 bits per heavy atom. The number of carbonyl (C=O) groups excluding carboxylic acids is 1. The number of phenolic OH excluding ortho intramolecular Hbond substituents is 1. The number of nitrogens with zero attached hydrogens (tertiary/aromatic N) is 3. The van der Waals surface area contributed by atoms with E-state index in [0.29, 0.717) is 6.54 Å². The van der Waals surface area contributed by atoms with Crippen LogP contribution < -0.4 is 4.90 Å². The average Bonchev–Trinajstić information content (AvgIpc) is 2.71. The molecule has 0 fully saturated rings. The van der Waals surface area contributed by atoms with Crippen molar-refractivity contribution in [3.63, 3.8) is 0 Å². The van der Waals surface area contributed by atoms with Crippen LogP contribution in [0.4, 0.5) is 11.4 Å². The molecular weight excluding hydrogens is 402 g/mol. The number of rotatable bonds is 7. The first-order valence-corrected chi connectivity index (χ1v) is 9.74. The highest BCUT2D eigenvalue weighted by molar-refractivity contribution is 5.92. The fourth-order valence-corrected chi connectivity index (χ4v) is 3.49. The van der Waals surface area contributed by atoms with E-state index in [0.717, 1.165) is 11.6 Å². The van der Waals surface area contributed by atoms with Gasteiger partial charge in [-0.3, -0.25) is 14.9 Å². The van der Waals surface area contributed by atoms with E-state index in [2.05, 4.69) is 0 Å². The predicted octanol–water partition coefficient (Wildman–Crippen LogP) is 3.39. The van der Waals surface area contributed by atoms with Crippen LogP contribution in [0.5, 0.6) is 5.75 Å². The third-order valence-electron chi connectivity index (χ3n) is 4.94. The Bertz CT molecular complexity index is 1030. The van der Waals surface area contributed by atoms with Gasteiger partial charge in [0.25, 0.3) is 5.69 Å². The number of phenols is 1. The largest absolute Gasteiger partial charge is 0.508 e. The zero-order chi connectivity index (χ0) is 22.7. The fraction of sp³-hybridized carbons (Fsp3) is 0.273. The molecule has 1 atom stereocenters. The lowest BCUT2D eigenvalue weighted by molar-refractivity contribution is -0.384. The van der Waals surface area contributed by atoms with Gasteiger partial charge in [-0.1, -0.05) is 26.0 Å². The Morgan fingerprint density at radius 2 is 1.84 bits per heavy atom. The van der Waals surface area contributed by atoms with Gasteiger partial charge in [0.05, 0.1) is 10.5 Å². The highest BCUT2D eigenvalue weighted by Gasteiger charge is 2.35. The standard InChI is InChI=1S/C22H23N3O6/c1-14(2)13-23-9-10-24(18-8-5-16(22(28)29)12-19(18)25(30)31)20(21(23)27)11-15-3-6-17(26)7-4-15/h3-10,12,14,20,26H,11,13H2,1-2H3,(H,28,29)/t20-/m0/s1. The van der Waals surface area contributed by atoms with Crippen LogP contribution in [-0.2, 0) is 11.2 Å². The van der Waals surface area contributed by atoms with Crippen LogP contribution in [0, 0.1) is 16.0 Å². The number of aromatic hydroxyl groups is 1. The first-order valence-electron chi connectivity index (χ1n) is 9.74. The minimum Gasteiger partial charge on any atom is -0.508 e. The van der Waals surface area contributed by atoms with Crippen LogP contribution in [0.1, 0.15) is 29.8 Å². The van der Waals surface area contributed by atoms with Crippen LogP contribution >= 0.6 is 0 Å². The molecule has 3 rings (SSSR count). The molecule has 0 saturated carbocycles. The van der Waals surface area contributed by atoms with Gasteiger partial charge in [0.2, 0.25) is 5.91 Å². The highest BCUT2D eigenvalue weighted by atomic mass is 16.6. The van der Waals surface area contributed by atoms with E-state index >= 15 is 0 Å². The summed E-state index contributed by atoms with van der Waals surface area (Å²) in [6, 6.07) is 9.25. The Balaban J connectivity index is 2.06. The number of carboxylic acids is 1. The Kier molecular flexibility index (Phi) is 6.24. The number of carboxylic acid groups (broad SMARTS) is 1. The first-order chi connectivity index (χ1) is 14.7. The van der Waals surface area contributed by atoms with Gasteiger partial charge < -0.3 is 20.0 Å². The Labute approximate surface area is 179 Å². The summed E-state index contributed by atoms with van der Waals surface area (Å²) in [6.07, 6.45) is 3.44. The van der Waals surface area contributed by atoms with Crippen molar-refractivity contribution >= 4 is 23.3 Å². The molecule has 9 heteroatoms. The third-order valence-corrected chi connectivity index (χ3v) is 4.94. The summed E-state index contributed by atoms with van der Waals surface area (Å²) < 4.78 is 0. The van der Waals surface area contributed by atoms with Crippen LogP contribution in [0.15, 0.2) is 54.9 Å². The maximum absolute atomic E-state index is 13.3. The van der Waals surface area contributed by atoms with E-state index in [1.165, 1.54) is 29.2 Å². The quantitative estimate of drug-likeness (QED) is 0.515. The normalized spacial score (nSPS) is 16.1. The number of benzene rings is 2. The number of aromatic carboxylic acids is 1. The molecule has 0 aromatic heterocycles. The van der Waals surface area contributed by atoms with Crippen molar-refractivity contribution in [3.05, 3.63) is 76.1 Å². The molecule has 0 spiro atoms. The fourth-order valence-electron chi connectivity index (χ4n) is 3.49. The van der Waals surface area contributed by atoms with E-state index in [9.17, 15) is 29.9 Å². The third kappa shape index (κ3) is 4.82. The van der Waals surface area contributed by atoms with Gasteiger partial charge in [0.1, 0.15) is 17.5 Å². The zero-order valence-electron chi connectivity index (χ0n) is 17.1. The molecule has 31 heavy (non-hydrogen) atoms. The van der Waals surface area contributed by atoms with Gasteiger partial charge in [0.15, 0.2) is 0 Å². The molecule has 9 nitrogen and oxygen atoms in total. The molecule has 1 aliphatic rings.